The lowest BCUT2D eigenvalue weighted by Crippen LogP contribution is -2.49. The summed E-state index contributed by atoms with van der Waals surface area (Å²) < 4.78 is 3.54. The molecule has 0 aromatic heterocycles. The first kappa shape index (κ1) is 17.9. The van der Waals surface area contributed by atoms with Crippen molar-refractivity contribution < 1.29 is 14.3 Å². The van der Waals surface area contributed by atoms with E-state index in [2.05, 4.69) is 5.32 Å². The summed E-state index contributed by atoms with van der Waals surface area (Å²) in [4.78, 5) is 23.1. The fourth-order valence-electron chi connectivity index (χ4n) is 1.37. The van der Waals surface area contributed by atoms with Crippen LogP contribution in [0.4, 0.5) is 0 Å². The van der Waals surface area contributed by atoms with Gasteiger partial charge in [0, 0.05) is 5.92 Å². The second kappa shape index (κ2) is 7.20. The molecule has 1 atom stereocenters. The van der Waals surface area contributed by atoms with Crippen LogP contribution in [-0.2, 0) is 4.79 Å². The van der Waals surface area contributed by atoms with E-state index in [4.69, 9.17) is 45.3 Å². The van der Waals surface area contributed by atoms with Crippen LogP contribution in [0.25, 0.3) is 0 Å². The molecule has 1 rings (SSSR count). The van der Waals surface area contributed by atoms with E-state index in [-0.39, 0.29) is 23.1 Å². The molecular formula is C13H15Cl3N2O3. The smallest absolute Gasteiger partial charge is 0.252 e. The predicted octanol–water partition coefficient (Wildman–Crippen LogP) is 2.63. The van der Waals surface area contributed by atoms with Crippen LogP contribution < -0.4 is 15.8 Å². The van der Waals surface area contributed by atoms with Crippen LogP contribution in [0.3, 0.4) is 0 Å². The fraction of sp³-hybridized carbons (Fsp3) is 0.385. The van der Waals surface area contributed by atoms with E-state index >= 15 is 0 Å². The van der Waals surface area contributed by atoms with Crippen molar-refractivity contribution >= 4 is 46.6 Å². The predicted molar refractivity (Wildman–Crippen MR) is 82.6 cm³/mol. The van der Waals surface area contributed by atoms with Crippen LogP contribution in [0.5, 0.6) is 5.75 Å². The molecule has 0 aliphatic carbocycles. The van der Waals surface area contributed by atoms with Gasteiger partial charge in [-0.3, -0.25) is 9.59 Å². The molecule has 116 valence electrons. The van der Waals surface area contributed by atoms with E-state index < -0.39 is 15.9 Å². The van der Waals surface area contributed by atoms with Gasteiger partial charge in [-0.1, -0.05) is 60.8 Å². The number of hydrogen-bond acceptors (Lipinski definition) is 3. The summed E-state index contributed by atoms with van der Waals surface area (Å²) in [6.45, 7) is 3.37. The summed E-state index contributed by atoms with van der Waals surface area (Å²) in [6.07, 6.45) is -1.27. The SMILES string of the molecule is CC(C)C(=O)N[C@@H](Oc1ccccc1C(N)=O)C(Cl)(Cl)Cl. The second-order valence-electron chi connectivity index (χ2n) is 4.56. The first-order valence-electron chi connectivity index (χ1n) is 6.05. The number of primary amides is 1. The minimum absolute atomic E-state index is 0.116. The van der Waals surface area contributed by atoms with E-state index in [1.807, 2.05) is 0 Å². The molecule has 0 unspecified atom stereocenters. The Morgan fingerprint density at radius 2 is 1.81 bits per heavy atom. The first-order chi connectivity index (χ1) is 9.62. The monoisotopic (exact) mass is 352 g/mol. The van der Waals surface area contributed by atoms with Gasteiger partial charge in [-0.15, -0.1) is 0 Å². The number of carbonyl (C=O) groups excluding carboxylic acids is 2. The van der Waals surface area contributed by atoms with E-state index in [1.54, 1.807) is 26.0 Å². The Kier molecular flexibility index (Phi) is 6.13. The molecule has 0 heterocycles. The minimum atomic E-state index is -1.92. The lowest BCUT2D eigenvalue weighted by molar-refractivity contribution is -0.126. The number of carbonyl (C=O) groups is 2. The van der Waals surface area contributed by atoms with Crippen LogP contribution in [0.15, 0.2) is 24.3 Å². The van der Waals surface area contributed by atoms with Crippen molar-refractivity contribution in [1.82, 2.24) is 5.32 Å². The summed E-state index contributed by atoms with van der Waals surface area (Å²) in [7, 11) is 0. The number of nitrogens with one attached hydrogen (secondary N) is 1. The molecule has 0 aliphatic heterocycles. The summed E-state index contributed by atoms with van der Waals surface area (Å²) in [5.74, 6) is -1.26. The molecule has 8 heteroatoms. The fourth-order valence-corrected chi connectivity index (χ4v) is 1.67. The van der Waals surface area contributed by atoms with Crippen molar-refractivity contribution in [3.05, 3.63) is 29.8 Å². The Labute approximate surface area is 137 Å². The Bertz CT molecular complexity index is 530. The van der Waals surface area contributed by atoms with Gasteiger partial charge in [-0.25, -0.2) is 0 Å². The average molecular weight is 354 g/mol. The molecule has 0 fully saturated rings. The molecule has 0 radical (unpaired) electrons. The minimum Gasteiger partial charge on any atom is -0.465 e. The van der Waals surface area contributed by atoms with Gasteiger partial charge >= 0.3 is 0 Å². The van der Waals surface area contributed by atoms with Crippen molar-refractivity contribution in [2.24, 2.45) is 11.7 Å². The van der Waals surface area contributed by atoms with Gasteiger partial charge in [-0.05, 0) is 12.1 Å². The highest BCUT2D eigenvalue weighted by atomic mass is 35.6. The Balaban J connectivity index is 3.03. The van der Waals surface area contributed by atoms with Crippen LogP contribution >= 0.6 is 34.8 Å². The zero-order chi connectivity index (χ0) is 16.2. The van der Waals surface area contributed by atoms with Gasteiger partial charge in [0.15, 0.2) is 0 Å². The Hall–Kier alpha value is -1.17. The lowest BCUT2D eigenvalue weighted by atomic mass is 10.2. The van der Waals surface area contributed by atoms with Gasteiger partial charge in [0.1, 0.15) is 5.75 Å². The number of nitrogens with two attached hydrogens (primary N) is 1. The largest absolute Gasteiger partial charge is 0.465 e. The van der Waals surface area contributed by atoms with Crippen LogP contribution in [0.2, 0.25) is 0 Å². The molecule has 3 N–H and O–H groups in total. The van der Waals surface area contributed by atoms with E-state index in [9.17, 15) is 9.59 Å². The number of hydrogen-bond donors (Lipinski definition) is 2. The molecule has 5 nitrogen and oxygen atoms in total. The van der Waals surface area contributed by atoms with Crippen LogP contribution in [0.1, 0.15) is 24.2 Å². The molecule has 0 saturated carbocycles. The number of benzene rings is 1. The van der Waals surface area contributed by atoms with Crippen molar-refractivity contribution in [3.63, 3.8) is 0 Å². The van der Waals surface area contributed by atoms with E-state index in [0.29, 0.717) is 0 Å². The van der Waals surface area contributed by atoms with Gasteiger partial charge in [0.25, 0.3) is 5.91 Å². The molecule has 0 saturated heterocycles. The quantitative estimate of drug-likeness (QED) is 0.630. The Morgan fingerprint density at radius 1 is 1.24 bits per heavy atom. The Morgan fingerprint density at radius 3 is 2.29 bits per heavy atom. The van der Waals surface area contributed by atoms with Crippen molar-refractivity contribution in [3.8, 4) is 5.75 Å². The van der Waals surface area contributed by atoms with Gasteiger partial charge in [-0.2, -0.15) is 0 Å². The number of amides is 2. The van der Waals surface area contributed by atoms with E-state index in [1.165, 1.54) is 12.1 Å². The normalized spacial score (nSPS) is 12.9. The number of ether oxygens (including phenoxy) is 1. The molecule has 2 amide bonds. The van der Waals surface area contributed by atoms with Crippen molar-refractivity contribution in [2.75, 3.05) is 0 Å². The van der Waals surface area contributed by atoms with Crippen molar-refractivity contribution in [2.45, 2.75) is 23.9 Å². The molecule has 0 spiro atoms. The first-order valence-corrected chi connectivity index (χ1v) is 7.19. The maximum atomic E-state index is 11.8. The molecule has 0 aliphatic rings. The van der Waals surface area contributed by atoms with Gasteiger partial charge in [0.05, 0.1) is 5.56 Å². The van der Waals surface area contributed by atoms with E-state index in [0.717, 1.165) is 0 Å². The maximum absolute atomic E-state index is 11.8. The summed E-state index contributed by atoms with van der Waals surface area (Å²) in [5.41, 5.74) is 5.36. The zero-order valence-electron chi connectivity index (χ0n) is 11.4. The molecule has 21 heavy (non-hydrogen) atoms. The lowest BCUT2D eigenvalue weighted by Gasteiger charge is -2.27. The van der Waals surface area contributed by atoms with Crippen LogP contribution in [0, 0.1) is 5.92 Å². The number of para-hydroxylation sites is 1. The highest BCUT2D eigenvalue weighted by Gasteiger charge is 2.37. The van der Waals surface area contributed by atoms with Crippen LogP contribution in [-0.4, -0.2) is 21.8 Å². The highest BCUT2D eigenvalue weighted by molar-refractivity contribution is 6.68. The number of rotatable bonds is 5. The molecular weight excluding hydrogens is 339 g/mol. The summed E-state index contributed by atoms with van der Waals surface area (Å²) in [6, 6.07) is 6.20. The third kappa shape index (κ3) is 5.26. The number of alkyl halides is 3. The zero-order valence-corrected chi connectivity index (χ0v) is 13.7. The second-order valence-corrected chi connectivity index (χ2v) is 6.93. The highest BCUT2D eigenvalue weighted by Crippen LogP contribution is 2.33. The van der Waals surface area contributed by atoms with Gasteiger partial charge in [0.2, 0.25) is 15.9 Å². The maximum Gasteiger partial charge on any atom is 0.252 e. The summed E-state index contributed by atoms with van der Waals surface area (Å²) in [5, 5.41) is 2.46. The molecule has 1 aromatic rings. The molecule has 0 bridgehead atoms. The average Bonchev–Trinajstić information content (AvgIpc) is 2.36. The number of halogens is 3. The van der Waals surface area contributed by atoms with Crippen molar-refractivity contribution in [1.29, 1.82) is 0 Å². The van der Waals surface area contributed by atoms with Gasteiger partial charge < -0.3 is 15.8 Å². The topological polar surface area (TPSA) is 81.4 Å². The molecule has 1 aromatic carbocycles. The third-order valence-electron chi connectivity index (χ3n) is 2.49. The summed E-state index contributed by atoms with van der Waals surface area (Å²) >= 11 is 17.4. The standard InChI is InChI=1S/C13H15Cl3N2O3/c1-7(2)11(20)18-12(13(14,15)16)21-9-6-4-3-5-8(9)10(17)19/h3-7,12H,1-2H3,(H2,17,19)(H,18,20)/t12-/m0/s1. The third-order valence-corrected chi connectivity index (χ3v) is 3.09.